The zero-order valence-electron chi connectivity index (χ0n) is 19.9. The van der Waals surface area contributed by atoms with Gasteiger partial charge in [-0.15, -0.1) is 0 Å². The Morgan fingerprint density at radius 3 is 2.00 bits per heavy atom. The largest absolute Gasteiger partial charge is 0.484 e. The molecule has 1 atom stereocenters. The Bertz CT molecular complexity index is 879. The van der Waals surface area contributed by atoms with Crippen molar-refractivity contribution in [2.24, 2.45) is 0 Å². The van der Waals surface area contributed by atoms with E-state index in [0.717, 1.165) is 19.3 Å². The van der Waals surface area contributed by atoms with Crippen LogP contribution in [0.25, 0.3) is 11.1 Å². The lowest BCUT2D eigenvalue weighted by molar-refractivity contribution is -0.386. The minimum Gasteiger partial charge on any atom is -0.484 e. The zero-order chi connectivity index (χ0) is 24.1. The van der Waals surface area contributed by atoms with E-state index in [4.69, 9.17) is 9.84 Å². The predicted octanol–water partition coefficient (Wildman–Crippen LogP) is 8.04. The number of carboxylic acid groups (broad SMARTS) is 1. The molecule has 0 saturated heterocycles. The summed E-state index contributed by atoms with van der Waals surface area (Å²) in [4.78, 5) is 22.2. The molecule has 0 heterocycles. The molecule has 0 amide bonds. The van der Waals surface area contributed by atoms with E-state index in [1.165, 1.54) is 69.6 Å². The molecule has 0 bridgehead atoms. The van der Waals surface area contributed by atoms with Gasteiger partial charge in [-0.3, -0.25) is 10.1 Å². The van der Waals surface area contributed by atoms with Gasteiger partial charge >= 0.3 is 11.7 Å². The van der Waals surface area contributed by atoms with E-state index < -0.39 is 10.9 Å². The van der Waals surface area contributed by atoms with Crippen molar-refractivity contribution in [2.75, 3.05) is 0 Å². The predicted molar refractivity (Wildman–Crippen MR) is 132 cm³/mol. The highest BCUT2D eigenvalue weighted by Gasteiger charge is 2.19. The maximum atomic E-state index is 11.6. The first-order valence-corrected chi connectivity index (χ1v) is 12.2. The summed E-state index contributed by atoms with van der Waals surface area (Å²) < 4.78 is 5.91. The van der Waals surface area contributed by atoms with E-state index in [0.29, 0.717) is 11.1 Å². The first-order chi connectivity index (χ1) is 15.9. The third-order valence-corrected chi connectivity index (χ3v) is 5.91. The second kappa shape index (κ2) is 14.3. The topological polar surface area (TPSA) is 89.7 Å². The fraction of sp³-hybridized carbons (Fsp3) is 0.519. The number of unbranched alkanes of at least 4 members (excludes halogenated alkanes) is 9. The molecule has 0 saturated carbocycles. The monoisotopic (exact) mass is 455 g/mol. The first-order valence-electron chi connectivity index (χ1n) is 12.2. The van der Waals surface area contributed by atoms with Crippen LogP contribution in [0.2, 0.25) is 0 Å². The molecule has 0 aliphatic rings. The molecule has 2 aromatic carbocycles. The third-order valence-electron chi connectivity index (χ3n) is 5.91. The summed E-state index contributed by atoms with van der Waals surface area (Å²) in [5.74, 6) is -0.738. The number of rotatable bonds is 16. The quantitative estimate of drug-likeness (QED) is 0.157. The molecule has 1 unspecified atom stereocenters. The molecule has 0 aliphatic heterocycles. The summed E-state index contributed by atoms with van der Waals surface area (Å²) in [6.45, 7) is 4.19. The van der Waals surface area contributed by atoms with E-state index in [1.54, 1.807) is 24.3 Å². The van der Waals surface area contributed by atoms with Gasteiger partial charge in [0.05, 0.1) is 16.6 Å². The van der Waals surface area contributed by atoms with Gasteiger partial charge in [0.2, 0.25) is 0 Å². The van der Waals surface area contributed by atoms with Crippen molar-refractivity contribution < 1.29 is 19.6 Å². The Labute approximate surface area is 197 Å². The first kappa shape index (κ1) is 26.4. The maximum Gasteiger partial charge on any atom is 0.335 e. The smallest absolute Gasteiger partial charge is 0.335 e. The Morgan fingerprint density at radius 2 is 1.45 bits per heavy atom. The zero-order valence-corrected chi connectivity index (χ0v) is 19.9. The van der Waals surface area contributed by atoms with Gasteiger partial charge in [-0.05, 0) is 49.1 Å². The lowest BCUT2D eigenvalue weighted by Gasteiger charge is -2.15. The van der Waals surface area contributed by atoms with Gasteiger partial charge < -0.3 is 9.84 Å². The normalized spacial score (nSPS) is 11.8. The molecule has 1 N–H and O–H groups in total. The molecule has 0 fully saturated rings. The van der Waals surface area contributed by atoms with Gasteiger partial charge in [0.1, 0.15) is 0 Å². The molecular formula is C27H37NO5. The van der Waals surface area contributed by atoms with Crippen LogP contribution >= 0.6 is 0 Å². The van der Waals surface area contributed by atoms with Gasteiger partial charge in [-0.25, -0.2) is 4.79 Å². The average molecular weight is 456 g/mol. The number of benzene rings is 2. The van der Waals surface area contributed by atoms with Gasteiger partial charge in [-0.1, -0.05) is 82.9 Å². The van der Waals surface area contributed by atoms with E-state index in [-0.39, 0.29) is 23.1 Å². The second-order valence-corrected chi connectivity index (χ2v) is 8.72. The number of nitro benzene ring substituents is 1. The van der Waals surface area contributed by atoms with Crippen molar-refractivity contribution in [3.63, 3.8) is 0 Å². The molecule has 6 heteroatoms. The average Bonchev–Trinajstić information content (AvgIpc) is 2.80. The molecule has 33 heavy (non-hydrogen) atoms. The molecule has 6 nitrogen and oxygen atoms in total. The van der Waals surface area contributed by atoms with E-state index in [1.807, 2.05) is 6.92 Å². The summed E-state index contributed by atoms with van der Waals surface area (Å²) in [5.41, 5.74) is 1.46. The highest BCUT2D eigenvalue weighted by molar-refractivity contribution is 5.88. The summed E-state index contributed by atoms with van der Waals surface area (Å²) in [7, 11) is 0. The van der Waals surface area contributed by atoms with Gasteiger partial charge in [0, 0.05) is 6.07 Å². The number of nitrogens with zero attached hydrogens (tertiary/aromatic N) is 1. The van der Waals surface area contributed by atoms with Crippen molar-refractivity contribution >= 4 is 11.7 Å². The standard InChI is InChI=1S/C27H37NO5/c1-3-4-5-6-7-8-9-10-11-12-13-21(2)33-26-19-18-24(20-25(26)28(31)32)22-14-16-23(17-15-22)27(29)30/h14-21H,3-13H2,1-2H3,(H,29,30). The van der Waals surface area contributed by atoms with Crippen molar-refractivity contribution in [1.29, 1.82) is 0 Å². The molecule has 2 aromatic rings. The van der Waals surface area contributed by atoms with E-state index in [2.05, 4.69) is 6.92 Å². The number of ether oxygens (including phenoxy) is 1. The summed E-state index contributed by atoms with van der Waals surface area (Å²) in [6.07, 6.45) is 13.5. The number of carboxylic acids is 1. The summed E-state index contributed by atoms with van der Waals surface area (Å²) in [6, 6.07) is 11.2. The third kappa shape index (κ3) is 9.24. The van der Waals surface area contributed by atoms with E-state index >= 15 is 0 Å². The van der Waals surface area contributed by atoms with Gasteiger partial charge in [0.25, 0.3) is 0 Å². The molecule has 0 aromatic heterocycles. The lowest BCUT2D eigenvalue weighted by Crippen LogP contribution is -2.12. The molecule has 0 radical (unpaired) electrons. The minimum absolute atomic E-state index is 0.0789. The van der Waals surface area contributed by atoms with Crippen molar-refractivity contribution in [3.8, 4) is 16.9 Å². The van der Waals surface area contributed by atoms with Crippen molar-refractivity contribution in [1.82, 2.24) is 0 Å². The van der Waals surface area contributed by atoms with Crippen LogP contribution in [0, 0.1) is 10.1 Å². The molecule has 2 rings (SSSR count). The van der Waals surface area contributed by atoms with Gasteiger partial charge in [-0.2, -0.15) is 0 Å². The Kier molecular flexibility index (Phi) is 11.4. The van der Waals surface area contributed by atoms with E-state index in [9.17, 15) is 14.9 Å². The van der Waals surface area contributed by atoms with Crippen LogP contribution in [-0.2, 0) is 0 Å². The number of carbonyl (C=O) groups is 1. The van der Waals surface area contributed by atoms with Crippen LogP contribution in [-0.4, -0.2) is 22.1 Å². The van der Waals surface area contributed by atoms with Crippen molar-refractivity contribution in [2.45, 2.75) is 90.6 Å². The Hall–Kier alpha value is -2.89. The number of aromatic carboxylic acids is 1. The Balaban J connectivity index is 1.82. The number of hydrogen-bond acceptors (Lipinski definition) is 4. The molecule has 0 spiro atoms. The fourth-order valence-electron chi connectivity index (χ4n) is 3.94. The highest BCUT2D eigenvalue weighted by Crippen LogP contribution is 2.33. The van der Waals surface area contributed by atoms with Crippen LogP contribution in [0.5, 0.6) is 5.75 Å². The van der Waals surface area contributed by atoms with Crippen LogP contribution in [0.4, 0.5) is 5.69 Å². The summed E-state index contributed by atoms with van der Waals surface area (Å²) >= 11 is 0. The number of hydrogen-bond donors (Lipinski definition) is 1. The van der Waals surface area contributed by atoms with Crippen LogP contribution < -0.4 is 4.74 Å². The highest BCUT2D eigenvalue weighted by atomic mass is 16.6. The second-order valence-electron chi connectivity index (χ2n) is 8.72. The van der Waals surface area contributed by atoms with Crippen LogP contribution in [0.3, 0.4) is 0 Å². The van der Waals surface area contributed by atoms with Crippen LogP contribution in [0.15, 0.2) is 42.5 Å². The van der Waals surface area contributed by atoms with Gasteiger partial charge in [0.15, 0.2) is 5.75 Å². The maximum absolute atomic E-state index is 11.6. The van der Waals surface area contributed by atoms with Crippen LogP contribution in [0.1, 0.15) is 94.8 Å². The molecule has 180 valence electrons. The molecule has 0 aliphatic carbocycles. The number of nitro groups is 1. The van der Waals surface area contributed by atoms with Crippen molar-refractivity contribution in [3.05, 3.63) is 58.1 Å². The summed E-state index contributed by atoms with van der Waals surface area (Å²) in [5, 5.41) is 20.7. The Morgan fingerprint density at radius 1 is 0.909 bits per heavy atom. The lowest BCUT2D eigenvalue weighted by atomic mass is 10.0. The fourth-order valence-corrected chi connectivity index (χ4v) is 3.94. The SMILES string of the molecule is CCCCCCCCCCCCC(C)Oc1ccc(-c2ccc(C(=O)O)cc2)cc1[N+](=O)[O-]. The minimum atomic E-state index is -1.01. The molecular weight excluding hydrogens is 418 g/mol.